The Labute approximate surface area is 245 Å². The first-order valence-electron chi connectivity index (χ1n) is 14.1. The highest BCUT2D eigenvalue weighted by atomic mass is 35.5. The van der Waals surface area contributed by atoms with E-state index in [1.807, 2.05) is 47.4 Å². The van der Waals surface area contributed by atoms with Crippen LogP contribution >= 0.6 is 11.6 Å². The lowest BCUT2D eigenvalue weighted by atomic mass is 9.97. The summed E-state index contributed by atoms with van der Waals surface area (Å²) in [6, 6.07) is 12.9. The Balaban J connectivity index is 1.33. The maximum absolute atomic E-state index is 13.5. The second kappa shape index (κ2) is 12.8. The van der Waals surface area contributed by atoms with Crippen LogP contribution in [0.1, 0.15) is 42.2 Å². The second-order valence-electron chi connectivity index (χ2n) is 10.6. The number of hydrogen-bond acceptors (Lipinski definition) is 6. The molecule has 0 spiro atoms. The van der Waals surface area contributed by atoms with Gasteiger partial charge in [0.1, 0.15) is 0 Å². The van der Waals surface area contributed by atoms with Gasteiger partial charge in [-0.15, -0.1) is 0 Å². The molecule has 2 atom stereocenters. The number of piperazine rings is 1. The SMILES string of the molecule is COC1C=CC(N2CCN(C(=O)c3ccc4nc(-c5ccc(Cl)cc5)c(CCCCC(=O)O)nc4c3)CC2)=CC1C. The lowest BCUT2D eigenvalue weighted by Gasteiger charge is -2.38. The quantitative estimate of drug-likeness (QED) is 0.332. The molecule has 1 N–H and O–H groups in total. The van der Waals surface area contributed by atoms with E-state index in [2.05, 4.69) is 30.1 Å². The van der Waals surface area contributed by atoms with Crippen molar-refractivity contribution in [1.82, 2.24) is 19.8 Å². The lowest BCUT2D eigenvalue weighted by molar-refractivity contribution is -0.137. The first kappa shape index (κ1) is 28.8. The van der Waals surface area contributed by atoms with Crippen molar-refractivity contribution in [1.29, 1.82) is 0 Å². The zero-order valence-electron chi connectivity index (χ0n) is 23.4. The molecule has 1 amide bonds. The van der Waals surface area contributed by atoms with Crippen LogP contribution in [-0.2, 0) is 16.0 Å². The van der Waals surface area contributed by atoms with E-state index in [9.17, 15) is 9.59 Å². The fourth-order valence-corrected chi connectivity index (χ4v) is 5.57. The van der Waals surface area contributed by atoms with E-state index in [0.717, 1.165) is 30.0 Å². The fourth-order valence-electron chi connectivity index (χ4n) is 5.45. The van der Waals surface area contributed by atoms with Crippen LogP contribution in [0.4, 0.5) is 0 Å². The summed E-state index contributed by atoms with van der Waals surface area (Å²) in [5.41, 5.74) is 5.55. The third-order valence-electron chi connectivity index (χ3n) is 7.77. The predicted molar refractivity (Wildman–Crippen MR) is 160 cm³/mol. The van der Waals surface area contributed by atoms with E-state index < -0.39 is 5.97 Å². The van der Waals surface area contributed by atoms with Gasteiger partial charge in [-0.2, -0.15) is 0 Å². The number of ether oxygens (including phenoxy) is 1. The zero-order chi connectivity index (χ0) is 28.9. The van der Waals surface area contributed by atoms with Crippen LogP contribution in [0.5, 0.6) is 0 Å². The number of amides is 1. The van der Waals surface area contributed by atoms with Gasteiger partial charge in [-0.3, -0.25) is 9.59 Å². The number of nitrogens with zero attached hydrogens (tertiary/aromatic N) is 4. The van der Waals surface area contributed by atoms with Crippen LogP contribution in [0.3, 0.4) is 0 Å². The molecule has 2 unspecified atom stereocenters. The van der Waals surface area contributed by atoms with Crippen LogP contribution in [0.15, 0.2) is 66.4 Å². The number of benzene rings is 2. The summed E-state index contributed by atoms with van der Waals surface area (Å²) in [5, 5.41) is 9.66. The molecule has 1 aromatic heterocycles. The summed E-state index contributed by atoms with van der Waals surface area (Å²) in [4.78, 5) is 38.5. The van der Waals surface area contributed by atoms with Crippen molar-refractivity contribution in [3.8, 4) is 11.3 Å². The Hall–Kier alpha value is -3.75. The Morgan fingerprint density at radius 1 is 1.02 bits per heavy atom. The number of aryl methyl sites for hydroxylation is 1. The molecule has 1 aliphatic heterocycles. The van der Waals surface area contributed by atoms with Crippen LogP contribution in [0, 0.1) is 5.92 Å². The topological polar surface area (TPSA) is 95.9 Å². The molecule has 214 valence electrons. The Morgan fingerprint density at radius 2 is 1.78 bits per heavy atom. The van der Waals surface area contributed by atoms with Crippen molar-refractivity contribution in [2.24, 2.45) is 5.92 Å². The van der Waals surface area contributed by atoms with E-state index >= 15 is 0 Å². The van der Waals surface area contributed by atoms with Crippen molar-refractivity contribution in [2.45, 2.75) is 38.7 Å². The molecule has 1 saturated heterocycles. The van der Waals surface area contributed by atoms with Gasteiger partial charge in [0.25, 0.3) is 5.91 Å². The number of carboxylic acid groups (broad SMARTS) is 1. The maximum Gasteiger partial charge on any atom is 0.303 e. The predicted octanol–water partition coefficient (Wildman–Crippen LogP) is 5.61. The van der Waals surface area contributed by atoms with Gasteiger partial charge in [0.2, 0.25) is 0 Å². The summed E-state index contributed by atoms with van der Waals surface area (Å²) >= 11 is 6.10. The molecule has 9 heteroatoms. The first-order chi connectivity index (χ1) is 19.8. The largest absolute Gasteiger partial charge is 0.481 e. The fraction of sp³-hybridized carbons (Fsp3) is 0.375. The van der Waals surface area contributed by atoms with E-state index in [1.165, 1.54) is 5.70 Å². The van der Waals surface area contributed by atoms with Gasteiger partial charge in [-0.05, 0) is 55.7 Å². The number of halogens is 1. The van der Waals surface area contributed by atoms with Gasteiger partial charge < -0.3 is 19.6 Å². The van der Waals surface area contributed by atoms with Crippen LogP contribution in [-0.4, -0.2) is 76.1 Å². The monoisotopic (exact) mass is 574 g/mol. The molecule has 0 radical (unpaired) electrons. The standard InChI is InChI=1S/C32H35ClN4O4/c1-21-19-25(12-14-29(21)41-2)36-15-17-37(18-16-36)32(40)23-9-13-26-28(20-23)34-27(5-3-4-6-30(38)39)31(35-26)22-7-10-24(33)11-8-22/h7-14,19-21,29H,3-6,15-18H2,1-2H3,(H,38,39). The molecule has 0 saturated carbocycles. The molecule has 1 fully saturated rings. The van der Waals surface area contributed by atoms with Gasteiger partial charge >= 0.3 is 5.97 Å². The number of rotatable bonds is 9. The van der Waals surface area contributed by atoms with Crippen molar-refractivity contribution in [3.63, 3.8) is 0 Å². The molecule has 1 aliphatic carbocycles. The van der Waals surface area contributed by atoms with Gasteiger partial charge in [0, 0.05) is 67.5 Å². The number of carbonyl (C=O) groups excluding carboxylic acids is 1. The van der Waals surface area contributed by atoms with Crippen LogP contribution in [0.25, 0.3) is 22.3 Å². The number of allylic oxidation sites excluding steroid dienone is 1. The number of fused-ring (bicyclic) bond motifs is 1. The Kier molecular flexibility index (Phi) is 9.00. The first-order valence-corrected chi connectivity index (χ1v) is 14.5. The minimum atomic E-state index is -0.808. The van der Waals surface area contributed by atoms with Gasteiger partial charge in [0.05, 0.1) is 28.5 Å². The van der Waals surface area contributed by atoms with Gasteiger partial charge in [0.15, 0.2) is 0 Å². The molecule has 2 aliphatic rings. The molecular formula is C32H35ClN4O4. The average Bonchev–Trinajstić information content (AvgIpc) is 2.98. The molecule has 8 nitrogen and oxygen atoms in total. The van der Waals surface area contributed by atoms with E-state index in [4.69, 9.17) is 31.4 Å². The van der Waals surface area contributed by atoms with Gasteiger partial charge in [-0.25, -0.2) is 9.97 Å². The van der Waals surface area contributed by atoms with Crippen molar-refractivity contribution >= 4 is 34.5 Å². The van der Waals surface area contributed by atoms with E-state index in [0.29, 0.717) is 59.9 Å². The zero-order valence-corrected chi connectivity index (χ0v) is 24.2. The third kappa shape index (κ3) is 6.77. The molecule has 2 heterocycles. The molecule has 3 aromatic rings. The number of hydrogen-bond donors (Lipinski definition) is 1. The number of unbranched alkanes of at least 4 members (excludes halogenated alkanes) is 1. The number of carboxylic acids is 1. The van der Waals surface area contributed by atoms with E-state index in [-0.39, 0.29) is 18.4 Å². The summed E-state index contributed by atoms with van der Waals surface area (Å²) in [7, 11) is 1.73. The highest BCUT2D eigenvalue weighted by Crippen LogP contribution is 2.28. The number of carbonyl (C=O) groups is 2. The second-order valence-corrected chi connectivity index (χ2v) is 11.1. The third-order valence-corrected chi connectivity index (χ3v) is 8.02. The van der Waals surface area contributed by atoms with Crippen molar-refractivity contribution in [3.05, 3.63) is 82.7 Å². The molecule has 0 bridgehead atoms. The van der Waals surface area contributed by atoms with Gasteiger partial charge in [-0.1, -0.05) is 42.8 Å². The molecule has 5 rings (SSSR count). The van der Waals surface area contributed by atoms with Crippen molar-refractivity contribution in [2.75, 3.05) is 33.3 Å². The molecular weight excluding hydrogens is 540 g/mol. The Morgan fingerprint density at radius 3 is 2.46 bits per heavy atom. The highest BCUT2D eigenvalue weighted by Gasteiger charge is 2.25. The summed E-state index contributed by atoms with van der Waals surface area (Å²) in [6.45, 7) is 4.97. The van der Waals surface area contributed by atoms with E-state index in [1.54, 1.807) is 7.11 Å². The number of aromatic nitrogens is 2. The summed E-state index contributed by atoms with van der Waals surface area (Å²) in [6.07, 6.45) is 8.49. The highest BCUT2D eigenvalue weighted by molar-refractivity contribution is 6.30. The number of methoxy groups -OCH3 is 1. The smallest absolute Gasteiger partial charge is 0.303 e. The average molecular weight is 575 g/mol. The Bertz CT molecular complexity index is 1480. The lowest BCUT2D eigenvalue weighted by Crippen LogP contribution is -2.48. The van der Waals surface area contributed by atoms with Crippen LogP contribution < -0.4 is 0 Å². The minimum Gasteiger partial charge on any atom is -0.481 e. The minimum absolute atomic E-state index is 0.0147. The van der Waals surface area contributed by atoms with Crippen molar-refractivity contribution < 1.29 is 19.4 Å². The number of aliphatic carboxylic acids is 1. The molecule has 41 heavy (non-hydrogen) atoms. The molecule has 2 aromatic carbocycles. The van der Waals surface area contributed by atoms with Crippen LogP contribution in [0.2, 0.25) is 5.02 Å². The maximum atomic E-state index is 13.5. The summed E-state index contributed by atoms with van der Waals surface area (Å²) < 4.78 is 5.50. The normalized spacial score (nSPS) is 19.0. The summed E-state index contributed by atoms with van der Waals surface area (Å²) in [5.74, 6) is -0.516.